The molecule has 0 saturated heterocycles. The minimum absolute atomic E-state index is 0.328. The summed E-state index contributed by atoms with van der Waals surface area (Å²) in [4.78, 5) is 16.7. The molecule has 134 valence electrons. The van der Waals surface area contributed by atoms with Gasteiger partial charge in [0, 0.05) is 24.0 Å². The number of fused-ring (bicyclic) bond motifs is 3. The smallest absolute Gasteiger partial charge is 0.313 e. The van der Waals surface area contributed by atoms with Crippen LogP contribution in [0.2, 0.25) is 0 Å². The van der Waals surface area contributed by atoms with Crippen LogP contribution in [0.3, 0.4) is 0 Å². The van der Waals surface area contributed by atoms with Crippen molar-refractivity contribution in [2.24, 2.45) is 0 Å². The second kappa shape index (κ2) is 5.12. The lowest BCUT2D eigenvalue weighted by molar-refractivity contribution is -0.142. The summed E-state index contributed by atoms with van der Waals surface area (Å²) >= 11 is 0. The van der Waals surface area contributed by atoms with Crippen LogP contribution in [0.5, 0.6) is 0 Å². The topological polar surface area (TPSA) is 74.3 Å². The minimum Gasteiger partial charge on any atom is -0.469 e. The van der Waals surface area contributed by atoms with Crippen molar-refractivity contribution in [2.45, 2.75) is 43.6 Å². The fourth-order valence-corrected chi connectivity index (χ4v) is 4.09. The van der Waals surface area contributed by atoms with Crippen LogP contribution in [0.1, 0.15) is 55.1 Å². The highest BCUT2D eigenvalue weighted by Gasteiger charge is 2.49. The van der Waals surface area contributed by atoms with Crippen molar-refractivity contribution in [1.82, 2.24) is 24.4 Å². The van der Waals surface area contributed by atoms with Crippen LogP contribution in [0.15, 0.2) is 24.5 Å². The number of hydrogen-bond acceptors (Lipinski definition) is 5. The summed E-state index contributed by atoms with van der Waals surface area (Å²) in [5.41, 5.74) is 2.15. The first-order valence-electron chi connectivity index (χ1n) is 8.69. The van der Waals surface area contributed by atoms with Gasteiger partial charge in [0.2, 0.25) is 5.95 Å². The lowest BCUT2D eigenvalue weighted by Gasteiger charge is -2.23. The number of nitrogens with zero attached hydrogens (tertiary/aromatic N) is 5. The van der Waals surface area contributed by atoms with Crippen LogP contribution in [0, 0.1) is 5.95 Å². The van der Waals surface area contributed by atoms with Gasteiger partial charge < -0.3 is 4.74 Å². The normalized spacial score (nSPS) is 24.8. The molecule has 2 unspecified atom stereocenters. The van der Waals surface area contributed by atoms with Crippen LogP contribution in [-0.2, 0) is 14.9 Å². The van der Waals surface area contributed by atoms with E-state index >= 15 is 0 Å². The predicted molar refractivity (Wildman–Crippen MR) is 89.3 cm³/mol. The zero-order chi connectivity index (χ0) is 18.1. The van der Waals surface area contributed by atoms with Crippen molar-refractivity contribution in [3.63, 3.8) is 0 Å². The molecule has 1 fully saturated rings. The van der Waals surface area contributed by atoms with E-state index in [1.807, 2.05) is 23.9 Å². The number of esters is 1. The Morgan fingerprint density at radius 3 is 2.92 bits per heavy atom. The van der Waals surface area contributed by atoms with Gasteiger partial charge in [0.1, 0.15) is 0 Å². The fraction of sp³-hybridized carbons (Fsp3) is 0.444. The molecule has 2 aliphatic carbocycles. The number of rotatable bonds is 3. The third-order valence-corrected chi connectivity index (χ3v) is 5.57. The maximum absolute atomic E-state index is 13.8. The molecule has 3 aromatic rings. The number of ether oxygens (including phenoxy) is 1. The molecule has 0 bridgehead atoms. The van der Waals surface area contributed by atoms with E-state index in [0.717, 1.165) is 29.8 Å². The molecule has 0 spiro atoms. The summed E-state index contributed by atoms with van der Waals surface area (Å²) < 4.78 is 22.3. The Kier molecular flexibility index (Phi) is 3.05. The van der Waals surface area contributed by atoms with Gasteiger partial charge in [0.15, 0.2) is 5.65 Å². The first-order chi connectivity index (χ1) is 12.5. The second-order valence-electron chi connectivity index (χ2n) is 7.32. The summed E-state index contributed by atoms with van der Waals surface area (Å²) in [6.07, 6.45) is 6.37. The molecule has 0 aromatic carbocycles. The average molecular weight is 355 g/mol. The number of halogens is 1. The van der Waals surface area contributed by atoms with Crippen molar-refractivity contribution in [3.8, 4) is 0 Å². The molecule has 5 rings (SSSR count). The summed E-state index contributed by atoms with van der Waals surface area (Å²) in [7, 11) is 1.37. The Balaban J connectivity index is 1.73. The van der Waals surface area contributed by atoms with E-state index in [1.165, 1.54) is 17.7 Å². The van der Waals surface area contributed by atoms with Crippen LogP contribution in [0.4, 0.5) is 4.39 Å². The highest BCUT2D eigenvalue weighted by atomic mass is 19.1. The van der Waals surface area contributed by atoms with Gasteiger partial charge in [-0.05, 0) is 32.3 Å². The van der Waals surface area contributed by atoms with E-state index in [4.69, 9.17) is 9.84 Å². The summed E-state index contributed by atoms with van der Waals surface area (Å²) in [5, 5.41) is 8.75. The second-order valence-corrected chi connectivity index (χ2v) is 7.32. The molecule has 26 heavy (non-hydrogen) atoms. The summed E-state index contributed by atoms with van der Waals surface area (Å²) in [6.45, 7) is 2.02. The van der Waals surface area contributed by atoms with Gasteiger partial charge in [0.25, 0.3) is 0 Å². The SMILES string of the molecule is COC(=O)C1CC(C)(c2ccn(C3CC3)n2)c2c1cnc1cc(F)nn21. The van der Waals surface area contributed by atoms with Crippen LogP contribution in [-0.4, -0.2) is 37.5 Å². The molecule has 0 amide bonds. The van der Waals surface area contributed by atoms with Crippen molar-refractivity contribution < 1.29 is 13.9 Å². The lowest BCUT2D eigenvalue weighted by Crippen LogP contribution is -2.25. The Labute approximate surface area is 148 Å². The summed E-state index contributed by atoms with van der Waals surface area (Å²) in [6, 6.07) is 3.73. The zero-order valence-corrected chi connectivity index (χ0v) is 14.5. The molecule has 0 radical (unpaired) electrons. The maximum Gasteiger partial charge on any atom is 0.313 e. The van der Waals surface area contributed by atoms with Crippen molar-refractivity contribution in [3.05, 3.63) is 47.4 Å². The molecule has 2 aliphatic rings. The first-order valence-corrected chi connectivity index (χ1v) is 8.69. The van der Waals surface area contributed by atoms with Gasteiger partial charge in [0.05, 0.1) is 35.9 Å². The molecule has 3 aromatic heterocycles. The van der Waals surface area contributed by atoms with Crippen molar-refractivity contribution in [1.29, 1.82) is 0 Å². The Bertz CT molecular complexity index is 1040. The zero-order valence-electron chi connectivity index (χ0n) is 14.5. The molecule has 2 atom stereocenters. The standard InChI is InChI=1S/C18H18FN5O2/c1-18(13-5-6-23(21-13)10-3-4-10)8-11(17(25)26-2)12-9-20-15-7-14(19)22-24(15)16(12)18/h5-7,9-11H,3-4,8H2,1-2H3. The number of methoxy groups -OCH3 is 1. The Hall–Kier alpha value is -2.77. The van der Waals surface area contributed by atoms with Gasteiger partial charge in [-0.1, -0.05) is 0 Å². The number of hydrogen-bond donors (Lipinski definition) is 0. The van der Waals surface area contributed by atoms with Gasteiger partial charge in [-0.3, -0.25) is 9.48 Å². The molecule has 3 heterocycles. The van der Waals surface area contributed by atoms with Gasteiger partial charge in [-0.25, -0.2) is 9.50 Å². The molecular weight excluding hydrogens is 337 g/mol. The van der Waals surface area contributed by atoms with Crippen LogP contribution in [0.25, 0.3) is 5.65 Å². The number of carbonyl (C=O) groups is 1. The average Bonchev–Trinajstić information content (AvgIpc) is 3.09. The lowest BCUT2D eigenvalue weighted by atomic mass is 9.83. The molecular formula is C18H18FN5O2. The van der Waals surface area contributed by atoms with E-state index in [0.29, 0.717) is 18.1 Å². The molecule has 8 heteroatoms. The number of aromatic nitrogens is 5. The van der Waals surface area contributed by atoms with Gasteiger partial charge in [-0.2, -0.15) is 9.49 Å². The Morgan fingerprint density at radius 2 is 2.19 bits per heavy atom. The van der Waals surface area contributed by atoms with E-state index in [1.54, 1.807) is 6.20 Å². The highest BCUT2D eigenvalue weighted by molar-refractivity contribution is 5.80. The first kappa shape index (κ1) is 15.5. The highest BCUT2D eigenvalue weighted by Crippen LogP contribution is 2.49. The molecule has 0 N–H and O–H groups in total. The maximum atomic E-state index is 13.8. The minimum atomic E-state index is -0.599. The largest absolute Gasteiger partial charge is 0.469 e. The fourth-order valence-electron chi connectivity index (χ4n) is 4.09. The van der Waals surface area contributed by atoms with Crippen LogP contribution >= 0.6 is 0 Å². The quantitative estimate of drug-likeness (QED) is 0.674. The third-order valence-electron chi connectivity index (χ3n) is 5.57. The van der Waals surface area contributed by atoms with Gasteiger partial charge >= 0.3 is 5.97 Å². The molecule has 7 nitrogen and oxygen atoms in total. The van der Waals surface area contributed by atoms with E-state index in [-0.39, 0.29) is 5.97 Å². The van der Waals surface area contributed by atoms with Gasteiger partial charge in [-0.15, -0.1) is 5.10 Å². The molecule has 1 saturated carbocycles. The van der Waals surface area contributed by atoms with E-state index in [9.17, 15) is 9.18 Å². The van der Waals surface area contributed by atoms with Crippen molar-refractivity contribution >= 4 is 11.6 Å². The van der Waals surface area contributed by atoms with Crippen molar-refractivity contribution in [2.75, 3.05) is 7.11 Å². The Morgan fingerprint density at radius 1 is 1.38 bits per heavy atom. The van der Waals surface area contributed by atoms with E-state index in [2.05, 4.69) is 10.1 Å². The predicted octanol–water partition coefficient (Wildman–Crippen LogP) is 2.37. The van der Waals surface area contributed by atoms with Crippen LogP contribution < -0.4 is 0 Å². The van der Waals surface area contributed by atoms with E-state index < -0.39 is 17.3 Å². The molecule has 0 aliphatic heterocycles. The third kappa shape index (κ3) is 2.04. The summed E-state index contributed by atoms with van der Waals surface area (Å²) in [5.74, 6) is -1.40. The monoisotopic (exact) mass is 355 g/mol. The number of carbonyl (C=O) groups excluding carboxylic acids is 1.